The number of nitrogens with zero attached hydrogens (tertiary/aromatic N) is 2. The van der Waals surface area contributed by atoms with Crippen LogP contribution in [0.4, 0.5) is 0 Å². The fourth-order valence-electron chi connectivity index (χ4n) is 2.46. The van der Waals surface area contributed by atoms with Gasteiger partial charge in [-0.2, -0.15) is 0 Å². The number of unbranched alkanes of at least 4 members (excludes halogenated alkanes) is 1. The van der Waals surface area contributed by atoms with Gasteiger partial charge >= 0.3 is 0 Å². The van der Waals surface area contributed by atoms with Gasteiger partial charge < -0.3 is 10.0 Å². The van der Waals surface area contributed by atoms with Crippen LogP contribution in [0.2, 0.25) is 0 Å². The summed E-state index contributed by atoms with van der Waals surface area (Å²) in [7, 11) is 2.20. The third kappa shape index (κ3) is 4.49. The Morgan fingerprint density at radius 1 is 1.40 bits per heavy atom. The summed E-state index contributed by atoms with van der Waals surface area (Å²) < 4.78 is 0. The lowest BCUT2D eigenvalue weighted by atomic mass is 10.2. The molecule has 1 rings (SSSR count). The van der Waals surface area contributed by atoms with Gasteiger partial charge in [0.25, 0.3) is 0 Å². The number of hydrogen-bond donors (Lipinski definition) is 1. The second-order valence-corrected chi connectivity index (χ2v) is 4.62. The smallest absolute Gasteiger partial charge is 0.0431 e. The molecule has 1 N–H and O–H groups in total. The maximum Gasteiger partial charge on any atom is 0.0431 e. The molecule has 1 aliphatic rings. The Bertz CT molecular complexity index is 164. The van der Waals surface area contributed by atoms with Crippen LogP contribution in [0.15, 0.2) is 0 Å². The first kappa shape index (κ1) is 12.9. The van der Waals surface area contributed by atoms with Crippen LogP contribution in [0.25, 0.3) is 0 Å². The lowest BCUT2D eigenvalue weighted by Crippen LogP contribution is -2.39. The second-order valence-electron chi connectivity index (χ2n) is 4.62. The zero-order valence-corrected chi connectivity index (χ0v) is 10.3. The van der Waals surface area contributed by atoms with E-state index in [-0.39, 0.29) is 0 Å². The molecule has 3 heteroatoms. The van der Waals surface area contributed by atoms with Crippen molar-refractivity contribution < 1.29 is 5.11 Å². The van der Waals surface area contributed by atoms with Gasteiger partial charge in [0.1, 0.15) is 0 Å². The monoisotopic (exact) mass is 214 g/mol. The van der Waals surface area contributed by atoms with Gasteiger partial charge in [0.15, 0.2) is 0 Å². The minimum atomic E-state index is 0.332. The fraction of sp³-hybridized carbons (Fsp3) is 1.00. The topological polar surface area (TPSA) is 26.7 Å². The van der Waals surface area contributed by atoms with Crippen LogP contribution in [-0.2, 0) is 0 Å². The van der Waals surface area contributed by atoms with Gasteiger partial charge in [-0.1, -0.05) is 6.92 Å². The molecule has 90 valence electrons. The SMILES string of the molecule is CCN1CCCC1CN(C)CCCCO. The van der Waals surface area contributed by atoms with Crippen molar-refractivity contribution >= 4 is 0 Å². The summed E-state index contributed by atoms with van der Waals surface area (Å²) in [4.78, 5) is 5.00. The zero-order chi connectivity index (χ0) is 11.1. The van der Waals surface area contributed by atoms with E-state index >= 15 is 0 Å². The molecule has 15 heavy (non-hydrogen) atoms. The molecule has 0 aromatic rings. The van der Waals surface area contributed by atoms with Crippen LogP contribution in [0.1, 0.15) is 32.6 Å². The molecule has 3 nitrogen and oxygen atoms in total. The largest absolute Gasteiger partial charge is 0.396 e. The maximum absolute atomic E-state index is 8.72. The van der Waals surface area contributed by atoms with Gasteiger partial charge in [-0.3, -0.25) is 4.90 Å². The minimum absolute atomic E-state index is 0.332. The molecule has 0 spiro atoms. The van der Waals surface area contributed by atoms with Crippen molar-refractivity contribution in [2.24, 2.45) is 0 Å². The predicted octanol–water partition coefficient (Wildman–Crippen LogP) is 1.18. The Morgan fingerprint density at radius 3 is 2.87 bits per heavy atom. The van der Waals surface area contributed by atoms with Gasteiger partial charge in [0.05, 0.1) is 0 Å². The molecular weight excluding hydrogens is 188 g/mol. The molecule has 0 saturated carbocycles. The van der Waals surface area contributed by atoms with Crippen LogP contribution in [0.5, 0.6) is 0 Å². The summed E-state index contributed by atoms with van der Waals surface area (Å²) in [6, 6.07) is 0.772. The lowest BCUT2D eigenvalue weighted by Gasteiger charge is -2.27. The Morgan fingerprint density at radius 2 is 2.20 bits per heavy atom. The molecule has 0 aromatic heterocycles. The van der Waals surface area contributed by atoms with Crippen LogP contribution >= 0.6 is 0 Å². The van der Waals surface area contributed by atoms with Crippen LogP contribution < -0.4 is 0 Å². The van der Waals surface area contributed by atoms with E-state index in [4.69, 9.17) is 5.11 Å². The van der Waals surface area contributed by atoms with Crippen molar-refractivity contribution in [2.75, 3.05) is 39.8 Å². The molecule has 1 heterocycles. The van der Waals surface area contributed by atoms with E-state index in [2.05, 4.69) is 23.8 Å². The maximum atomic E-state index is 8.72. The summed E-state index contributed by atoms with van der Waals surface area (Å²) in [6.07, 6.45) is 4.78. The Hall–Kier alpha value is -0.120. The average Bonchev–Trinajstić information content (AvgIpc) is 2.65. The third-order valence-electron chi connectivity index (χ3n) is 3.38. The number of likely N-dealkylation sites (tertiary alicyclic amines) is 1. The predicted molar refractivity (Wildman–Crippen MR) is 64.1 cm³/mol. The molecule has 0 aromatic carbocycles. The first-order chi connectivity index (χ1) is 7.27. The highest BCUT2D eigenvalue weighted by molar-refractivity contribution is 4.80. The third-order valence-corrected chi connectivity index (χ3v) is 3.38. The molecule has 1 unspecified atom stereocenters. The number of hydrogen-bond acceptors (Lipinski definition) is 3. The van der Waals surface area contributed by atoms with Crippen LogP contribution in [0, 0.1) is 0 Å². The van der Waals surface area contributed by atoms with Gasteiger partial charge in [0.2, 0.25) is 0 Å². The van der Waals surface area contributed by atoms with E-state index in [1.165, 1.54) is 32.5 Å². The number of rotatable bonds is 7. The van der Waals surface area contributed by atoms with E-state index in [0.29, 0.717) is 6.61 Å². The Labute approximate surface area is 94.1 Å². The molecule has 1 atom stereocenters. The van der Waals surface area contributed by atoms with E-state index in [1.807, 2.05) is 0 Å². The molecule has 0 bridgehead atoms. The van der Waals surface area contributed by atoms with E-state index in [9.17, 15) is 0 Å². The van der Waals surface area contributed by atoms with Gasteiger partial charge in [-0.05, 0) is 52.4 Å². The number of aliphatic hydroxyl groups is 1. The Kier molecular flexibility index (Phi) is 6.22. The summed E-state index contributed by atoms with van der Waals surface area (Å²) in [5.41, 5.74) is 0. The number of likely N-dealkylation sites (N-methyl/N-ethyl adjacent to an activating group) is 2. The summed E-state index contributed by atoms with van der Waals surface area (Å²) in [6.45, 7) is 7.37. The first-order valence-corrected chi connectivity index (χ1v) is 6.31. The van der Waals surface area contributed by atoms with Crippen molar-refractivity contribution in [3.05, 3.63) is 0 Å². The van der Waals surface area contributed by atoms with Crippen LogP contribution in [-0.4, -0.2) is 60.8 Å². The van der Waals surface area contributed by atoms with Gasteiger partial charge in [-0.15, -0.1) is 0 Å². The fourth-order valence-corrected chi connectivity index (χ4v) is 2.46. The molecular formula is C12H26N2O. The van der Waals surface area contributed by atoms with Crippen molar-refractivity contribution in [2.45, 2.75) is 38.6 Å². The highest BCUT2D eigenvalue weighted by Crippen LogP contribution is 2.17. The molecule has 1 fully saturated rings. The van der Waals surface area contributed by atoms with Crippen molar-refractivity contribution in [1.29, 1.82) is 0 Å². The van der Waals surface area contributed by atoms with E-state index in [0.717, 1.165) is 25.4 Å². The summed E-state index contributed by atoms with van der Waals surface area (Å²) in [5.74, 6) is 0. The van der Waals surface area contributed by atoms with Crippen LogP contribution in [0.3, 0.4) is 0 Å². The highest BCUT2D eigenvalue weighted by atomic mass is 16.2. The minimum Gasteiger partial charge on any atom is -0.396 e. The lowest BCUT2D eigenvalue weighted by molar-refractivity contribution is 0.193. The first-order valence-electron chi connectivity index (χ1n) is 6.31. The normalized spacial score (nSPS) is 22.8. The van der Waals surface area contributed by atoms with Crippen molar-refractivity contribution in [1.82, 2.24) is 9.80 Å². The molecule has 0 amide bonds. The van der Waals surface area contributed by atoms with E-state index in [1.54, 1.807) is 0 Å². The van der Waals surface area contributed by atoms with Gasteiger partial charge in [-0.25, -0.2) is 0 Å². The quantitative estimate of drug-likeness (QED) is 0.645. The summed E-state index contributed by atoms with van der Waals surface area (Å²) in [5, 5.41) is 8.72. The zero-order valence-electron chi connectivity index (χ0n) is 10.3. The molecule has 0 aliphatic carbocycles. The Balaban J connectivity index is 2.15. The molecule has 1 aliphatic heterocycles. The van der Waals surface area contributed by atoms with Crippen molar-refractivity contribution in [3.8, 4) is 0 Å². The highest BCUT2D eigenvalue weighted by Gasteiger charge is 2.23. The molecule has 1 saturated heterocycles. The van der Waals surface area contributed by atoms with E-state index < -0.39 is 0 Å². The average molecular weight is 214 g/mol. The van der Waals surface area contributed by atoms with Gasteiger partial charge in [0, 0.05) is 19.2 Å². The van der Waals surface area contributed by atoms with Crippen molar-refractivity contribution in [3.63, 3.8) is 0 Å². The second kappa shape index (κ2) is 7.20. The molecule has 0 radical (unpaired) electrons. The standard InChI is InChI=1S/C12H26N2O/c1-3-14-9-6-7-12(14)11-13(2)8-4-5-10-15/h12,15H,3-11H2,1-2H3. The summed E-state index contributed by atoms with van der Waals surface area (Å²) >= 11 is 0. The number of aliphatic hydroxyl groups excluding tert-OH is 1.